The maximum Gasteiger partial charge on any atom is 0.416 e. The lowest BCUT2D eigenvalue weighted by molar-refractivity contribution is -0.143. The summed E-state index contributed by atoms with van der Waals surface area (Å²) >= 11 is 0. The van der Waals surface area contributed by atoms with Gasteiger partial charge in [-0.05, 0) is 52.9 Å². The summed E-state index contributed by atoms with van der Waals surface area (Å²) in [6.45, 7) is 3.12. The molecule has 148 valence electrons. The van der Waals surface area contributed by atoms with Gasteiger partial charge in [-0.2, -0.15) is 39.5 Å². The molecular formula is C18H13F9. The fourth-order valence-electron chi connectivity index (χ4n) is 2.44. The van der Waals surface area contributed by atoms with Crippen molar-refractivity contribution >= 4 is 0 Å². The molecule has 0 N–H and O–H groups in total. The Morgan fingerprint density at radius 2 is 0.852 bits per heavy atom. The van der Waals surface area contributed by atoms with Gasteiger partial charge in [-0.1, -0.05) is 19.9 Å². The van der Waals surface area contributed by atoms with Crippen molar-refractivity contribution in [2.45, 2.75) is 38.3 Å². The fourth-order valence-corrected chi connectivity index (χ4v) is 2.44. The first-order valence-electron chi connectivity index (χ1n) is 7.61. The van der Waals surface area contributed by atoms with Gasteiger partial charge in [0, 0.05) is 0 Å². The zero-order chi connectivity index (χ0) is 20.8. The summed E-state index contributed by atoms with van der Waals surface area (Å²) in [4.78, 5) is 0. The molecule has 0 radical (unpaired) electrons. The lowest BCUT2D eigenvalue weighted by Gasteiger charge is -2.17. The third-order valence-electron chi connectivity index (χ3n) is 3.87. The Bertz CT molecular complexity index is 792. The van der Waals surface area contributed by atoms with Crippen LogP contribution in [-0.4, -0.2) is 0 Å². The van der Waals surface area contributed by atoms with Crippen molar-refractivity contribution < 1.29 is 39.5 Å². The minimum Gasteiger partial charge on any atom is -0.166 e. The minimum atomic E-state index is -5.08. The lowest BCUT2D eigenvalue weighted by atomic mass is 9.92. The molecule has 2 aromatic rings. The van der Waals surface area contributed by atoms with Crippen LogP contribution in [0.15, 0.2) is 36.4 Å². The minimum absolute atomic E-state index is 0.0690. The van der Waals surface area contributed by atoms with Crippen LogP contribution in [0.2, 0.25) is 0 Å². The van der Waals surface area contributed by atoms with E-state index in [4.69, 9.17) is 0 Å². The topological polar surface area (TPSA) is 0 Å². The van der Waals surface area contributed by atoms with Crippen LogP contribution in [0.1, 0.15) is 42.0 Å². The number of halogens is 9. The highest BCUT2D eigenvalue weighted by Crippen LogP contribution is 2.40. The monoisotopic (exact) mass is 400 g/mol. The summed E-state index contributed by atoms with van der Waals surface area (Å²) in [6, 6.07) is 3.29. The lowest BCUT2D eigenvalue weighted by Crippen LogP contribution is -2.11. The molecule has 0 aliphatic heterocycles. The van der Waals surface area contributed by atoms with Crippen molar-refractivity contribution in [1.82, 2.24) is 0 Å². The number of alkyl halides is 9. The van der Waals surface area contributed by atoms with Crippen molar-refractivity contribution in [3.63, 3.8) is 0 Å². The number of rotatable bonds is 2. The summed E-state index contributed by atoms with van der Waals surface area (Å²) in [7, 11) is 0. The second-order valence-electron chi connectivity index (χ2n) is 6.29. The molecule has 0 unspecified atom stereocenters. The van der Waals surface area contributed by atoms with Crippen LogP contribution in [0.25, 0.3) is 11.1 Å². The summed E-state index contributed by atoms with van der Waals surface area (Å²) in [5, 5.41) is 0. The molecule has 27 heavy (non-hydrogen) atoms. The maximum atomic E-state index is 13.1. The molecular weight excluding hydrogens is 387 g/mol. The zero-order valence-corrected chi connectivity index (χ0v) is 13.9. The third kappa shape index (κ3) is 4.95. The van der Waals surface area contributed by atoms with Crippen molar-refractivity contribution in [3.8, 4) is 11.1 Å². The molecule has 0 heterocycles. The van der Waals surface area contributed by atoms with Gasteiger partial charge in [-0.15, -0.1) is 0 Å². The van der Waals surface area contributed by atoms with Crippen molar-refractivity contribution in [2.24, 2.45) is 0 Å². The van der Waals surface area contributed by atoms with Crippen LogP contribution in [0.3, 0.4) is 0 Å². The molecule has 2 aromatic carbocycles. The molecule has 0 amide bonds. The van der Waals surface area contributed by atoms with E-state index < -0.39 is 46.7 Å². The molecule has 0 nitrogen and oxygen atoms in total. The van der Waals surface area contributed by atoms with Crippen LogP contribution < -0.4 is 0 Å². The first-order valence-corrected chi connectivity index (χ1v) is 7.61. The van der Waals surface area contributed by atoms with E-state index in [-0.39, 0.29) is 17.2 Å². The molecule has 2 rings (SSSR count). The van der Waals surface area contributed by atoms with Crippen LogP contribution >= 0.6 is 0 Å². The third-order valence-corrected chi connectivity index (χ3v) is 3.87. The van der Waals surface area contributed by atoms with Gasteiger partial charge in [0.1, 0.15) is 0 Å². The quantitative estimate of drug-likeness (QED) is 0.457. The normalized spacial score (nSPS) is 13.3. The highest BCUT2D eigenvalue weighted by Gasteiger charge is 2.37. The van der Waals surface area contributed by atoms with Gasteiger partial charge in [0.25, 0.3) is 0 Å². The van der Waals surface area contributed by atoms with E-state index >= 15 is 0 Å². The Morgan fingerprint density at radius 1 is 0.519 bits per heavy atom. The SMILES string of the molecule is CC(C)c1cc(-c2cc(C(F)(F)F)cc(C(F)(F)F)c2)cc(C(F)(F)F)c1. The fraction of sp³-hybridized carbons (Fsp3) is 0.333. The van der Waals surface area contributed by atoms with Gasteiger partial charge in [-0.3, -0.25) is 0 Å². The zero-order valence-electron chi connectivity index (χ0n) is 13.9. The molecule has 0 fully saturated rings. The number of benzene rings is 2. The molecule has 0 atom stereocenters. The Kier molecular flexibility index (Phi) is 5.29. The summed E-state index contributed by atoms with van der Waals surface area (Å²) < 4.78 is 117. The van der Waals surface area contributed by atoms with Gasteiger partial charge >= 0.3 is 18.5 Å². The first kappa shape index (κ1) is 21.1. The molecule has 0 bridgehead atoms. The second-order valence-corrected chi connectivity index (χ2v) is 6.29. The standard InChI is InChI=1S/C18H13F9/c1-9(2)10-3-11(5-13(4-10)16(19,20)21)12-6-14(17(22,23)24)8-15(7-12)18(25,26)27/h3-9H,1-2H3. The largest absolute Gasteiger partial charge is 0.416 e. The van der Waals surface area contributed by atoms with Crippen molar-refractivity contribution in [3.05, 3.63) is 58.7 Å². The Morgan fingerprint density at radius 3 is 1.19 bits per heavy atom. The summed E-state index contributed by atoms with van der Waals surface area (Å²) in [6.07, 6.45) is -15.0. The highest BCUT2D eigenvalue weighted by atomic mass is 19.4. The molecule has 0 aromatic heterocycles. The van der Waals surface area contributed by atoms with Gasteiger partial charge in [0.05, 0.1) is 16.7 Å². The Balaban J connectivity index is 2.78. The smallest absolute Gasteiger partial charge is 0.166 e. The van der Waals surface area contributed by atoms with E-state index in [2.05, 4.69) is 0 Å². The molecule has 0 aliphatic rings. The van der Waals surface area contributed by atoms with Crippen molar-refractivity contribution in [2.75, 3.05) is 0 Å². The Hall–Kier alpha value is -2.19. The van der Waals surface area contributed by atoms with E-state index in [1.54, 1.807) is 13.8 Å². The number of hydrogen-bond donors (Lipinski definition) is 0. The molecule has 0 saturated heterocycles. The Labute approximate surface area is 148 Å². The van der Waals surface area contributed by atoms with E-state index in [0.29, 0.717) is 18.2 Å². The maximum absolute atomic E-state index is 13.1. The van der Waals surface area contributed by atoms with Crippen LogP contribution in [0.5, 0.6) is 0 Å². The first-order chi connectivity index (χ1) is 12.1. The van der Waals surface area contributed by atoms with Crippen LogP contribution in [-0.2, 0) is 18.5 Å². The average molecular weight is 400 g/mol. The summed E-state index contributed by atoms with van der Waals surface area (Å²) in [5.74, 6) is -0.418. The molecule has 0 aliphatic carbocycles. The van der Waals surface area contributed by atoms with E-state index in [1.165, 1.54) is 0 Å². The summed E-state index contributed by atoms with van der Waals surface area (Å²) in [5.41, 5.74) is -5.14. The molecule has 0 spiro atoms. The van der Waals surface area contributed by atoms with E-state index in [0.717, 1.165) is 12.1 Å². The predicted octanol–water partition coefficient (Wildman–Crippen LogP) is 7.53. The molecule has 9 heteroatoms. The highest BCUT2D eigenvalue weighted by molar-refractivity contribution is 5.68. The van der Waals surface area contributed by atoms with Gasteiger partial charge in [0.15, 0.2) is 0 Å². The van der Waals surface area contributed by atoms with Crippen LogP contribution in [0, 0.1) is 0 Å². The van der Waals surface area contributed by atoms with Crippen molar-refractivity contribution in [1.29, 1.82) is 0 Å². The van der Waals surface area contributed by atoms with Gasteiger partial charge in [0.2, 0.25) is 0 Å². The van der Waals surface area contributed by atoms with Gasteiger partial charge in [-0.25, -0.2) is 0 Å². The second kappa shape index (κ2) is 6.76. The number of hydrogen-bond acceptors (Lipinski definition) is 0. The van der Waals surface area contributed by atoms with Crippen LogP contribution in [0.4, 0.5) is 39.5 Å². The molecule has 0 saturated carbocycles. The predicted molar refractivity (Wildman–Crippen MR) is 81.0 cm³/mol. The van der Waals surface area contributed by atoms with E-state index in [9.17, 15) is 39.5 Å². The van der Waals surface area contributed by atoms with Gasteiger partial charge < -0.3 is 0 Å². The van der Waals surface area contributed by atoms with E-state index in [1.807, 2.05) is 0 Å². The average Bonchev–Trinajstić information content (AvgIpc) is 2.51.